The van der Waals surface area contributed by atoms with Crippen molar-refractivity contribution >= 4 is 11.9 Å². The molecular formula is C11H12O7. The first kappa shape index (κ1) is 13.9. The molecule has 0 bridgehead atoms. The first-order valence-corrected chi connectivity index (χ1v) is 4.92. The molecule has 0 aliphatic rings. The molecule has 0 aliphatic carbocycles. The molecule has 0 saturated carbocycles. The van der Waals surface area contributed by atoms with Gasteiger partial charge in [0.1, 0.15) is 5.56 Å². The maximum atomic E-state index is 11.5. The summed E-state index contributed by atoms with van der Waals surface area (Å²) in [6, 6.07) is 4.05. The molecule has 7 nitrogen and oxygen atoms in total. The summed E-state index contributed by atoms with van der Waals surface area (Å²) in [6.07, 6.45) is -1.80. The largest absolute Gasteiger partial charge is 0.504 e. The minimum atomic E-state index is -1.80. The van der Waals surface area contributed by atoms with Crippen LogP contribution in [0.3, 0.4) is 0 Å². The highest BCUT2D eigenvalue weighted by Crippen LogP contribution is 2.29. The molecule has 18 heavy (non-hydrogen) atoms. The number of para-hydroxylation sites is 1. The number of ether oxygens (including phenoxy) is 2. The number of benzene rings is 1. The molecule has 0 spiro atoms. The number of phenols is 1. The second kappa shape index (κ2) is 5.99. The van der Waals surface area contributed by atoms with Gasteiger partial charge in [-0.05, 0) is 12.1 Å². The number of aromatic hydroxyl groups is 1. The summed E-state index contributed by atoms with van der Waals surface area (Å²) in [4.78, 5) is 22.6. The fourth-order valence-electron chi connectivity index (χ4n) is 1.14. The monoisotopic (exact) mass is 256 g/mol. The predicted octanol–water partition coefficient (Wildman–Crippen LogP) is -0.563. The van der Waals surface area contributed by atoms with Gasteiger partial charge in [0, 0.05) is 0 Å². The van der Waals surface area contributed by atoms with Crippen molar-refractivity contribution in [3.05, 3.63) is 23.8 Å². The fraction of sp³-hybridized carbons (Fsp3) is 0.273. The van der Waals surface area contributed by atoms with Gasteiger partial charge in [0.25, 0.3) is 0 Å². The van der Waals surface area contributed by atoms with Crippen molar-refractivity contribution in [2.75, 3.05) is 13.7 Å². The van der Waals surface area contributed by atoms with Crippen molar-refractivity contribution in [3.8, 4) is 11.5 Å². The van der Waals surface area contributed by atoms with E-state index in [0.717, 1.165) is 0 Å². The quantitative estimate of drug-likeness (QED) is 0.488. The fourth-order valence-corrected chi connectivity index (χ4v) is 1.14. The maximum absolute atomic E-state index is 11.5. The van der Waals surface area contributed by atoms with E-state index < -0.39 is 30.4 Å². The van der Waals surface area contributed by atoms with Gasteiger partial charge in [0.05, 0.1) is 13.7 Å². The molecule has 0 aliphatic heterocycles. The Kier molecular flexibility index (Phi) is 4.64. The van der Waals surface area contributed by atoms with Crippen molar-refractivity contribution in [2.45, 2.75) is 6.10 Å². The highest BCUT2D eigenvalue weighted by Gasteiger charge is 2.23. The van der Waals surface area contributed by atoms with Crippen LogP contribution in [0.1, 0.15) is 10.4 Å². The second-order valence-electron chi connectivity index (χ2n) is 3.26. The highest BCUT2D eigenvalue weighted by atomic mass is 16.6. The molecule has 0 fully saturated rings. The molecule has 0 saturated heterocycles. The Bertz CT molecular complexity index is 455. The van der Waals surface area contributed by atoms with Crippen molar-refractivity contribution in [1.29, 1.82) is 0 Å². The Morgan fingerprint density at radius 2 is 2.06 bits per heavy atom. The highest BCUT2D eigenvalue weighted by molar-refractivity contribution is 6.00. The number of aliphatic hydroxyl groups is 2. The van der Waals surface area contributed by atoms with Crippen LogP contribution in [-0.2, 0) is 9.53 Å². The van der Waals surface area contributed by atoms with Gasteiger partial charge in [-0.25, -0.2) is 9.59 Å². The molecule has 1 atom stereocenters. The van der Waals surface area contributed by atoms with Crippen LogP contribution in [0.4, 0.5) is 0 Å². The summed E-state index contributed by atoms with van der Waals surface area (Å²) in [5.74, 6) is -2.88. The molecule has 1 rings (SSSR count). The van der Waals surface area contributed by atoms with E-state index in [2.05, 4.69) is 4.74 Å². The van der Waals surface area contributed by atoms with Crippen molar-refractivity contribution in [2.24, 2.45) is 0 Å². The molecule has 1 unspecified atom stereocenters. The van der Waals surface area contributed by atoms with Gasteiger partial charge < -0.3 is 24.8 Å². The van der Waals surface area contributed by atoms with Crippen LogP contribution in [0.25, 0.3) is 0 Å². The number of esters is 2. The number of aliphatic hydroxyl groups excluding tert-OH is 2. The van der Waals surface area contributed by atoms with Crippen LogP contribution < -0.4 is 4.74 Å². The molecule has 7 heteroatoms. The summed E-state index contributed by atoms with van der Waals surface area (Å²) in [7, 11) is 1.30. The summed E-state index contributed by atoms with van der Waals surface area (Å²) in [6.45, 7) is -0.865. The molecule has 0 amide bonds. The van der Waals surface area contributed by atoms with Gasteiger partial charge >= 0.3 is 11.9 Å². The van der Waals surface area contributed by atoms with Gasteiger partial charge in [0.15, 0.2) is 17.6 Å². The van der Waals surface area contributed by atoms with E-state index in [1.807, 2.05) is 0 Å². The van der Waals surface area contributed by atoms with E-state index in [-0.39, 0.29) is 11.3 Å². The summed E-state index contributed by atoms with van der Waals surface area (Å²) >= 11 is 0. The molecule has 0 aromatic heterocycles. The minimum absolute atomic E-state index is 0.0413. The normalized spacial score (nSPS) is 11.7. The minimum Gasteiger partial charge on any atom is -0.504 e. The van der Waals surface area contributed by atoms with E-state index in [0.29, 0.717) is 0 Å². The zero-order valence-electron chi connectivity index (χ0n) is 9.49. The first-order valence-electron chi connectivity index (χ1n) is 4.92. The SMILES string of the molecule is COc1cccc(C(=O)OC(=O)C(O)CO)c1O. The smallest absolute Gasteiger partial charge is 0.349 e. The zero-order chi connectivity index (χ0) is 13.7. The van der Waals surface area contributed by atoms with Crippen LogP contribution in [0.2, 0.25) is 0 Å². The van der Waals surface area contributed by atoms with Gasteiger partial charge in [-0.2, -0.15) is 0 Å². The van der Waals surface area contributed by atoms with Crippen molar-refractivity contribution < 1.29 is 34.4 Å². The average molecular weight is 256 g/mol. The number of carbonyl (C=O) groups excluding carboxylic acids is 2. The number of rotatable bonds is 4. The number of methoxy groups -OCH3 is 1. The van der Waals surface area contributed by atoms with Gasteiger partial charge in [-0.1, -0.05) is 6.07 Å². The molecule has 3 N–H and O–H groups in total. The van der Waals surface area contributed by atoms with Crippen molar-refractivity contribution in [1.82, 2.24) is 0 Å². The van der Waals surface area contributed by atoms with Crippen molar-refractivity contribution in [3.63, 3.8) is 0 Å². The summed E-state index contributed by atoms with van der Waals surface area (Å²) < 4.78 is 9.04. The third-order valence-electron chi connectivity index (χ3n) is 2.08. The average Bonchev–Trinajstić information content (AvgIpc) is 2.37. The lowest BCUT2D eigenvalue weighted by Gasteiger charge is -2.09. The summed E-state index contributed by atoms with van der Waals surface area (Å²) in [5.41, 5.74) is -0.284. The van der Waals surface area contributed by atoms with Crippen LogP contribution in [0.15, 0.2) is 18.2 Å². The van der Waals surface area contributed by atoms with Gasteiger partial charge in [-0.15, -0.1) is 0 Å². The topological polar surface area (TPSA) is 113 Å². The number of hydrogen-bond donors (Lipinski definition) is 3. The lowest BCUT2D eigenvalue weighted by Crippen LogP contribution is -2.28. The lowest BCUT2D eigenvalue weighted by molar-refractivity contribution is -0.149. The molecular weight excluding hydrogens is 244 g/mol. The Morgan fingerprint density at radius 3 is 2.61 bits per heavy atom. The van der Waals surface area contributed by atoms with E-state index in [4.69, 9.17) is 14.9 Å². The number of carbonyl (C=O) groups is 2. The number of hydrogen-bond acceptors (Lipinski definition) is 7. The number of phenolic OH excluding ortho intramolecular Hbond substituents is 1. The lowest BCUT2D eigenvalue weighted by atomic mass is 10.2. The maximum Gasteiger partial charge on any atom is 0.349 e. The summed E-state index contributed by atoms with van der Waals surface area (Å²) in [5, 5.41) is 27.0. The van der Waals surface area contributed by atoms with E-state index in [9.17, 15) is 14.7 Å². The third kappa shape index (κ3) is 2.96. The third-order valence-corrected chi connectivity index (χ3v) is 2.08. The van der Waals surface area contributed by atoms with E-state index >= 15 is 0 Å². The van der Waals surface area contributed by atoms with Crippen LogP contribution in [0, 0.1) is 0 Å². The predicted molar refractivity (Wildman–Crippen MR) is 58.2 cm³/mol. The Hall–Kier alpha value is -2.12. The van der Waals surface area contributed by atoms with Gasteiger partial charge in [0.2, 0.25) is 0 Å². The zero-order valence-corrected chi connectivity index (χ0v) is 9.49. The molecule has 1 aromatic carbocycles. The molecule has 0 heterocycles. The van der Waals surface area contributed by atoms with Crippen LogP contribution in [0.5, 0.6) is 11.5 Å². The van der Waals surface area contributed by atoms with Crippen LogP contribution in [-0.4, -0.2) is 47.1 Å². The first-order chi connectivity index (χ1) is 8.51. The second-order valence-corrected chi connectivity index (χ2v) is 3.26. The van der Waals surface area contributed by atoms with Crippen LogP contribution >= 0.6 is 0 Å². The van der Waals surface area contributed by atoms with Gasteiger partial charge in [-0.3, -0.25) is 0 Å². The molecule has 98 valence electrons. The Balaban J connectivity index is 2.88. The molecule has 1 aromatic rings. The van der Waals surface area contributed by atoms with E-state index in [1.165, 1.54) is 25.3 Å². The Morgan fingerprint density at radius 1 is 1.39 bits per heavy atom. The molecule has 0 radical (unpaired) electrons. The Labute approximate surface area is 102 Å². The van der Waals surface area contributed by atoms with E-state index in [1.54, 1.807) is 0 Å². The standard InChI is InChI=1S/C11H12O7/c1-17-8-4-2-3-6(9(8)14)10(15)18-11(16)7(13)5-12/h2-4,7,12-14H,5H2,1H3.